The molecule has 0 fully saturated rings. The van der Waals surface area contributed by atoms with E-state index in [1.54, 1.807) is 4.68 Å². The number of nitrogens with zero attached hydrogens (tertiary/aromatic N) is 2. The number of rotatable bonds is 6. The molecule has 17 heavy (non-hydrogen) atoms. The Bertz CT molecular complexity index is 385. The smallest absolute Gasteiger partial charge is 0.224 e. The van der Waals surface area contributed by atoms with Crippen molar-refractivity contribution < 1.29 is 9.90 Å². The van der Waals surface area contributed by atoms with Gasteiger partial charge in [0.25, 0.3) is 0 Å². The van der Waals surface area contributed by atoms with Crippen LogP contribution in [0, 0.1) is 13.8 Å². The summed E-state index contributed by atoms with van der Waals surface area (Å²) in [6, 6.07) is 0. The van der Waals surface area contributed by atoms with Gasteiger partial charge in [0.15, 0.2) is 0 Å². The molecule has 5 nitrogen and oxygen atoms in total. The summed E-state index contributed by atoms with van der Waals surface area (Å²) in [6.45, 7) is 4.68. The highest BCUT2D eigenvalue weighted by Gasteiger charge is 2.12. The van der Waals surface area contributed by atoms with Crippen molar-refractivity contribution in [2.45, 2.75) is 33.1 Å². The van der Waals surface area contributed by atoms with Crippen LogP contribution < -0.4 is 5.32 Å². The third-order valence-corrected chi connectivity index (χ3v) is 2.90. The SMILES string of the molecule is Cc1nn(C)c(C)c1CC(=O)NCCCCO. The van der Waals surface area contributed by atoms with Crippen LogP contribution in [0.1, 0.15) is 29.8 Å². The molecular weight excluding hydrogens is 218 g/mol. The van der Waals surface area contributed by atoms with Gasteiger partial charge >= 0.3 is 0 Å². The molecule has 0 aliphatic heterocycles. The maximum Gasteiger partial charge on any atom is 0.224 e. The van der Waals surface area contributed by atoms with Crippen molar-refractivity contribution in [3.63, 3.8) is 0 Å². The standard InChI is InChI=1S/C12H21N3O2/c1-9-11(10(2)15(3)14-9)8-12(17)13-6-4-5-7-16/h16H,4-8H2,1-3H3,(H,13,17). The van der Waals surface area contributed by atoms with E-state index in [1.807, 2.05) is 20.9 Å². The molecule has 0 atom stereocenters. The zero-order chi connectivity index (χ0) is 12.8. The fourth-order valence-corrected chi connectivity index (χ4v) is 1.76. The molecule has 0 saturated heterocycles. The molecule has 1 rings (SSSR count). The number of amides is 1. The summed E-state index contributed by atoms with van der Waals surface area (Å²) >= 11 is 0. The van der Waals surface area contributed by atoms with Crippen molar-refractivity contribution in [2.24, 2.45) is 7.05 Å². The van der Waals surface area contributed by atoms with Crippen molar-refractivity contribution in [3.05, 3.63) is 17.0 Å². The van der Waals surface area contributed by atoms with Crippen LogP contribution >= 0.6 is 0 Å². The Morgan fingerprint density at radius 1 is 1.41 bits per heavy atom. The predicted octanol–water partition coefficient (Wildman–Crippen LogP) is 0.468. The molecule has 0 spiro atoms. The van der Waals surface area contributed by atoms with Gasteiger partial charge in [-0.05, 0) is 26.7 Å². The van der Waals surface area contributed by atoms with Crippen molar-refractivity contribution in [3.8, 4) is 0 Å². The van der Waals surface area contributed by atoms with Gasteiger partial charge in [0.2, 0.25) is 5.91 Å². The van der Waals surface area contributed by atoms with Gasteiger partial charge in [-0.3, -0.25) is 9.48 Å². The molecule has 2 N–H and O–H groups in total. The van der Waals surface area contributed by atoms with E-state index < -0.39 is 0 Å². The molecule has 0 radical (unpaired) electrons. The Labute approximate surface area is 102 Å². The van der Waals surface area contributed by atoms with E-state index in [9.17, 15) is 4.79 Å². The topological polar surface area (TPSA) is 67.2 Å². The van der Waals surface area contributed by atoms with Crippen LogP contribution in [0.3, 0.4) is 0 Å². The predicted molar refractivity (Wildman–Crippen MR) is 65.7 cm³/mol. The second-order valence-corrected chi connectivity index (χ2v) is 4.23. The minimum absolute atomic E-state index is 0.0159. The molecule has 0 aliphatic carbocycles. The van der Waals surface area contributed by atoms with Crippen LogP contribution in [-0.4, -0.2) is 33.9 Å². The number of aromatic nitrogens is 2. The number of aliphatic hydroxyl groups excluding tert-OH is 1. The number of aliphatic hydroxyl groups is 1. The molecule has 0 aromatic carbocycles. The molecule has 5 heteroatoms. The largest absolute Gasteiger partial charge is 0.396 e. The van der Waals surface area contributed by atoms with Crippen LogP contribution in [0.15, 0.2) is 0 Å². The lowest BCUT2D eigenvalue weighted by Gasteiger charge is -2.05. The lowest BCUT2D eigenvalue weighted by molar-refractivity contribution is -0.120. The quantitative estimate of drug-likeness (QED) is 0.709. The average Bonchev–Trinajstić information content (AvgIpc) is 2.52. The van der Waals surface area contributed by atoms with E-state index in [0.717, 1.165) is 29.8 Å². The van der Waals surface area contributed by atoms with Gasteiger partial charge in [-0.25, -0.2) is 0 Å². The first-order valence-corrected chi connectivity index (χ1v) is 5.93. The van der Waals surface area contributed by atoms with Gasteiger partial charge in [0, 0.05) is 31.5 Å². The van der Waals surface area contributed by atoms with Crippen molar-refractivity contribution in [2.75, 3.05) is 13.2 Å². The van der Waals surface area contributed by atoms with Gasteiger partial charge in [-0.15, -0.1) is 0 Å². The maximum atomic E-state index is 11.7. The van der Waals surface area contributed by atoms with Crippen molar-refractivity contribution in [1.82, 2.24) is 15.1 Å². The number of carbonyl (C=O) groups is 1. The van der Waals surface area contributed by atoms with Crippen molar-refractivity contribution in [1.29, 1.82) is 0 Å². The van der Waals surface area contributed by atoms with E-state index in [1.165, 1.54) is 0 Å². The zero-order valence-corrected chi connectivity index (χ0v) is 10.8. The first-order valence-electron chi connectivity index (χ1n) is 5.93. The Morgan fingerprint density at radius 2 is 2.12 bits per heavy atom. The highest BCUT2D eigenvalue weighted by Crippen LogP contribution is 2.12. The molecule has 0 unspecified atom stereocenters. The van der Waals surface area contributed by atoms with E-state index in [0.29, 0.717) is 13.0 Å². The summed E-state index contributed by atoms with van der Waals surface area (Å²) in [7, 11) is 1.88. The third kappa shape index (κ3) is 3.85. The third-order valence-electron chi connectivity index (χ3n) is 2.90. The minimum atomic E-state index is 0.0159. The number of nitrogens with one attached hydrogen (secondary N) is 1. The number of unbranched alkanes of at least 4 members (excludes halogenated alkanes) is 1. The van der Waals surface area contributed by atoms with Crippen LogP contribution in [0.2, 0.25) is 0 Å². The molecule has 1 amide bonds. The summed E-state index contributed by atoms with van der Waals surface area (Å²) in [5.41, 5.74) is 2.95. The molecule has 0 saturated carbocycles. The summed E-state index contributed by atoms with van der Waals surface area (Å²) in [4.78, 5) is 11.7. The lowest BCUT2D eigenvalue weighted by Crippen LogP contribution is -2.26. The van der Waals surface area contributed by atoms with Crippen LogP contribution in [0.25, 0.3) is 0 Å². The Balaban J connectivity index is 2.45. The molecule has 0 aliphatic rings. The Hall–Kier alpha value is -1.36. The van der Waals surface area contributed by atoms with Gasteiger partial charge in [-0.1, -0.05) is 0 Å². The van der Waals surface area contributed by atoms with Gasteiger partial charge in [-0.2, -0.15) is 5.10 Å². The van der Waals surface area contributed by atoms with Gasteiger partial charge in [0.05, 0.1) is 12.1 Å². The maximum absolute atomic E-state index is 11.7. The van der Waals surface area contributed by atoms with E-state index in [-0.39, 0.29) is 12.5 Å². The van der Waals surface area contributed by atoms with E-state index in [4.69, 9.17) is 5.11 Å². The molecule has 1 heterocycles. The Kier molecular flexibility index (Phi) is 5.15. The van der Waals surface area contributed by atoms with Crippen LogP contribution in [-0.2, 0) is 18.3 Å². The summed E-state index contributed by atoms with van der Waals surface area (Å²) in [5.74, 6) is 0.0159. The number of carbonyl (C=O) groups excluding carboxylic acids is 1. The first-order chi connectivity index (χ1) is 8.06. The summed E-state index contributed by atoms with van der Waals surface area (Å²) in [5, 5.41) is 15.7. The monoisotopic (exact) mass is 239 g/mol. The van der Waals surface area contributed by atoms with Crippen molar-refractivity contribution >= 4 is 5.91 Å². The fraction of sp³-hybridized carbons (Fsp3) is 0.667. The minimum Gasteiger partial charge on any atom is -0.396 e. The fourth-order valence-electron chi connectivity index (χ4n) is 1.76. The highest BCUT2D eigenvalue weighted by molar-refractivity contribution is 5.79. The second-order valence-electron chi connectivity index (χ2n) is 4.23. The van der Waals surface area contributed by atoms with E-state index >= 15 is 0 Å². The molecule has 1 aromatic rings. The van der Waals surface area contributed by atoms with Gasteiger partial charge in [0.1, 0.15) is 0 Å². The van der Waals surface area contributed by atoms with Crippen LogP contribution in [0.4, 0.5) is 0 Å². The number of aryl methyl sites for hydroxylation is 2. The average molecular weight is 239 g/mol. The summed E-state index contributed by atoms with van der Waals surface area (Å²) < 4.78 is 1.80. The lowest BCUT2D eigenvalue weighted by atomic mass is 10.1. The number of hydrogen-bond acceptors (Lipinski definition) is 3. The zero-order valence-electron chi connectivity index (χ0n) is 10.8. The van der Waals surface area contributed by atoms with E-state index in [2.05, 4.69) is 10.4 Å². The highest BCUT2D eigenvalue weighted by atomic mass is 16.2. The number of hydrogen-bond donors (Lipinski definition) is 2. The molecule has 96 valence electrons. The Morgan fingerprint density at radius 3 is 2.65 bits per heavy atom. The normalized spacial score (nSPS) is 10.6. The first kappa shape index (κ1) is 13.7. The molecular formula is C12H21N3O2. The van der Waals surface area contributed by atoms with Crippen LogP contribution in [0.5, 0.6) is 0 Å². The molecule has 0 bridgehead atoms. The van der Waals surface area contributed by atoms with Gasteiger partial charge < -0.3 is 10.4 Å². The second kappa shape index (κ2) is 6.39. The molecule has 1 aromatic heterocycles. The summed E-state index contributed by atoms with van der Waals surface area (Å²) in [6.07, 6.45) is 1.92.